The van der Waals surface area contributed by atoms with Crippen LogP contribution in [0.4, 0.5) is 11.7 Å². The lowest BCUT2D eigenvalue weighted by atomic mass is 10.0. The summed E-state index contributed by atoms with van der Waals surface area (Å²) in [6.07, 6.45) is 1.10. The second kappa shape index (κ2) is 6.77. The van der Waals surface area contributed by atoms with Crippen LogP contribution in [0.1, 0.15) is 18.0 Å². The monoisotopic (exact) mass is 389 g/mol. The van der Waals surface area contributed by atoms with E-state index in [1.165, 1.54) is 16.8 Å². The highest BCUT2D eigenvalue weighted by Gasteiger charge is 2.28. The van der Waals surface area contributed by atoms with Gasteiger partial charge in [-0.05, 0) is 30.7 Å². The van der Waals surface area contributed by atoms with Crippen LogP contribution < -0.4 is 9.80 Å². The summed E-state index contributed by atoms with van der Waals surface area (Å²) in [6, 6.07) is 15.4. The molecule has 2 aromatic heterocycles. The van der Waals surface area contributed by atoms with Crippen LogP contribution in [0.5, 0.6) is 0 Å². The largest absolute Gasteiger partial charge is 0.423 e. The van der Waals surface area contributed by atoms with E-state index in [4.69, 9.17) is 14.1 Å². The van der Waals surface area contributed by atoms with Crippen molar-refractivity contribution in [2.45, 2.75) is 12.3 Å². The molecule has 6 rings (SSSR count). The molecule has 7 nitrogen and oxygen atoms in total. The first kappa shape index (κ1) is 16.9. The molecule has 4 aromatic rings. The summed E-state index contributed by atoms with van der Waals surface area (Å²) in [5.74, 6) is 0.433. The van der Waals surface area contributed by atoms with Gasteiger partial charge in [0.25, 0.3) is 6.01 Å². The van der Waals surface area contributed by atoms with Crippen molar-refractivity contribution in [3.8, 4) is 0 Å². The highest BCUT2D eigenvalue weighted by molar-refractivity contribution is 5.82. The normalized spacial score (nSPS) is 20.2. The Hall–Kier alpha value is -3.06. The Labute approximate surface area is 168 Å². The molecule has 0 radical (unpaired) electrons. The third kappa shape index (κ3) is 2.93. The van der Waals surface area contributed by atoms with E-state index in [1.54, 1.807) is 0 Å². The molecular weight excluding hydrogens is 366 g/mol. The number of para-hydroxylation sites is 1. The van der Waals surface area contributed by atoms with Crippen LogP contribution in [0, 0.1) is 0 Å². The van der Waals surface area contributed by atoms with Crippen LogP contribution in [0.15, 0.2) is 46.9 Å². The molecule has 0 bridgehead atoms. The molecule has 2 saturated heterocycles. The number of oxazole rings is 1. The van der Waals surface area contributed by atoms with E-state index in [9.17, 15) is 0 Å². The van der Waals surface area contributed by atoms with Gasteiger partial charge in [0.05, 0.1) is 24.4 Å². The number of hydrogen-bond donors (Lipinski definition) is 1. The molecule has 0 aliphatic carbocycles. The van der Waals surface area contributed by atoms with E-state index in [1.807, 2.05) is 12.1 Å². The van der Waals surface area contributed by atoms with E-state index in [0.29, 0.717) is 11.9 Å². The van der Waals surface area contributed by atoms with Crippen LogP contribution in [-0.4, -0.2) is 54.6 Å². The summed E-state index contributed by atoms with van der Waals surface area (Å²) in [5.41, 5.74) is 5.24. The summed E-state index contributed by atoms with van der Waals surface area (Å²) in [6.45, 7) is 5.08. The zero-order valence-corrected chi connectivity index (χ0v) is 16.2. The van der Waals surface area contributed by atoms with Gasteiger partial charge < -0.3 is 19.0 Å². The summed E-state index contributed by atoms with van der Waals surface area (Å²) in [7, 11) is 0. The minimum Gasteiger partial charge on any atom is -0.423 e. The minimum absolute atomic E-state index is 0.433. The molecule has 0 saturated carbocycles. The predicted octanol–water partition coefficient (Wildman–Crippen LogP) is 3.53. The molecule has 0 spiro atoms. The number of nitrogens with one attached hydrogen (secondary N) is 1. The molecule has 0 amide bonds. The van der Waals surface area contributed by atoms with Gasteiger partial charge in [-0.15, -0.1) is 0 Å². The second-order valence-corrected chi connectivity index (χ2v) is 7.83. The standard InChI is InChI=1S/C22H23N5O2/c1-2-4-18-17(3-1)21(25-24-18)15-7-8-27(14-15)16-5-6-20-19(13-16)23-22(29-20)26-9-11-28-12-10-26/h1-6,13,15H,7-12,14H2,(H,24,25). The Balaban J connectivity index is 1.25. The molecule has 2 aliphatic heterocycles. The van der Waals surface area contributed by atoms with Gasteiger partial charge in [-0.2, -0.15) is 10.1 Å². The fraction of sp³-hybridized carbons (Fsp3) is 0.364. The first-order valence-electron chi connectivity index (χ1n) is 10.3. The van der Waals surface area contributed by atoms with Crippen LogP contribution in [0.2, 0.25) is 0 Å². The lowest BCUT2D eigenvalue weighted by Gasteiger charge is -2.24. The topological polar surface area (TPSA) is 70.4 Å². The van der Waals surface area contributed by atoms with Gasteiger partial charge in [-0.25, -0.2) is 0 Å². The lowest BCUT2D eigenvalue weighted by molar-refractivity contribution is 0.120. The van der Waals surface area contributed by atoms with E-state index in [-0.39, 0.29) is 0 Å². The van der Waals surface area contributed by atoms with E-state index in [0.717, 1.165) is 62.4 Å². The lowest BCUT2D eigenvalue weighted by Crippen LogP contribution is -2.36. The number of rotatable bonds is 3. The Kier molecular flexibility index (Phi) is 3.94. The zero-order chi connectivity index (χ0) is 19.2. The molecule has 2 aromatic carbocycles. The third-order valence-corrected chi connectivity index (χ3v) is 6.08. The maximum atomic E-state index is 5.98. The van der Waals surface area contributed by atoms with Gasteiger partial charge in [0.15, 0.2) is 5.58 Å². The average Bonchev–Trinajstić information content (AvgIpc) is 3.51. The maximum Gasteiger partial charge on any atom is 0.298 e. The Morgan fingerprint density at radius 3 is 2.83 bits per heavy atom. The number of nitrogens with zero attached hydrogens (tertiary/aromatic N) is 4. The second-order valence-electron chi connectivity index (χ2n) is 7.83. The van der Waals surface area contributed by atoms with E-state index >= 15 is 0 Å². The summed E-state index contributed by atoms with van der Waals surface area (Å²) >= 11 is 0. The smallest absolute Gasteiger partial charge is 0.298 e. The first-order chi connectivity index (χ1) is 14.3. The van der Waals surface area contributed by atoms with Crippen LogP contribution in [0.3, 0.4) is 0 Å². The number of ether oxygens (including phenoxy) is 1. The Morgan fingerprint density at radius 1 is 1.00 bits per heavy atom. The van der Waals surface area contributed by atoms with E-state index < -0.39 is 0 Å². The molecule has 7 heteroatoms. The highest BCUT2D eigenvalue weighted by Crippen LogP contribution is 2.34. The number of fused-ring (bicyclic) bond motifs is 2. The van der Waals surface area contributed by atoms with Crippen LogP contribution >= 0.6 is 0 Å². The summed E-state index contributed by atoms with van der Waals surface area (Å²) in [5, 5.41) is 9.03. The predicted molar refractivity (Wildman–Crippen MR) is 113 cm³/mol. The van der Waals surface area contributed by atoms with Crippen molar-refractivity contribution in [1.29, 1.82) is 0 Å². The number of anilines is 2. The van der Waals surface area contributed by atoms with Crippen molar-refractivity contribution in [2.75, 3.05) is 49.2 Å². The van der Waals surface area contributed by atoms with Gasteiger partial charge in [0.1, 0.15) is 5.52 Å². The van der Waals surface area contributed by atoms with Crippen LogP contribution in [-0.2, 0) is 4.74 Å². The molecule has 2 aliphatic rings. The van der Waals surface area contributed by atoms with Gasteiger partial charge in [-0.3, -0.25) is 5.10 Å². The van der Waals surface area contributed by atoms with Gasteiger partial charge in [0.2, 0.25) is 0 Å². The number of H-pyrrole nitrogens is 1. The number of aromatic nitrogens is 3. The van der Waals surface area contributed by atoms with Crippen molar-refractivity contribution in [1.82, 2.24) is 15.2 Å². The van der Waals surface area contributed by atoms with E-state index in [2.05, 4.69) is 50.3 Å². The van der Waals surface area contributed by atoms with Gasteiger partial charge in [0, 0.05) is 43.2 Å². The molecule has 1 N–H and O–H groups in total. The fourth-order valence-corrected chi connectivity index (χ4v) is 4.50. The van der Waals surface area contributed by atoms with Gasteiger partial charge in [-0.1, -0.05) is 18.2 Å². The SMILES string of the molecule is c1ccc2c(C3CCN(c4ccc5oc(N6CCOCC6)nc5c4)C3)n[nH]c2c1. The first-order valence-corrected chi connectivity index (χ1v) is 10.3. The fourth-order valence-electron chi connectivity index (χ4n) is 4.50. The molecule has 29 heavy (non-hydrogen) atoms. The molecule has 148 valence electrons. The Morgan fingerprint density at radius 2 is 1.90 bits per heavy atom. The van der Waals surface area contributed by atoms with Crippen LogP contribution in [0.25, 0.3) is 22.0 Å². The highest BCUT2D eigenvalue weighted by atomic mass is 16.5. The number of morpholine rings is 1. The molecular formula is C22H23N5O2. The quantitative estimate of drug-likeness (QED) is 0.578. The molecule has 1 unspecified atom stereocenters. The summed E-state index contributed by atoms with van der Waals surface area (Å²) in [4.78, 5) is 9.32. The molecule has 1 atom stereocenters. The van der Waals surface area contributed by atoms with Gasteiger partial charge >= 0.3 is 0 Å². The third-order valence-electron chi connectivity index (χ3n) is 6.08. The van der Waals surface area contributed by atoms with Crippen molar-refractivity contribution in [3.63, 3.8) is 0 Å². The van der Waals surface area contributed by atoms with Crippen molar-refractivity contribution in [3.05, 3.63) is 48.2 Å². The number of hydrogen-bond acceptors (Lipinski definition) is 6. The van der Waals surface area contributed by atoms with Crippen molar-refractivity contribution < 1.29 is 9.15 Å². The molecule has 4 heterocycles. The molecule has 2 fully saturated rings. The number of benzene rings is 2. The number of aromatic amines is 1. The van der Waals surface area contributed by atoms with Crippen molar-refractivity contribution >= 4 is 33.7 Å². The minimum atomic E-state index is 0.433. The van der Waals surface area contributed by atoms with Crippen molar-refractivity contribution in [2.24, 2.45) is 0 Å². The zero-order valence-electron chi connectivity index (χ0n) is 16.2. The summed E-state index contributed by atoms with van der Waals surface area (Å²) < 4.78 is 11.4. The maximum absolute atomic E-state index is 5.98. The average molecular weight is 389 g/mol. The Bertz CT molecular complexity index is 1160.